The van der Waals surface area contributed by atoms with Gasteiger partial charge in [0.05, 0.1) is 5.41 Å². The summed E-state index contributed by atoms with van der Waals surface area (Å²) < 4.78 is 36.0. The van der Waals surface area contributed by atoms with Crippen molar-refractivity contribution in [2.75, 3.05) is 0 Å². The van der Waals surface area contributed by atoms with Gasteiger partial charge in [-0.05, 0) is 25.2 Å². The van der Waals surface area contributed by atoms with Crippen molar-refractivity contribution < 1.29 is 27.9 Å². The number of carbonyl (C=O) groups excluding carboxylic acids is 1. The highest BCUT2D eigenvalue weighted by Crippen LogP contribution is 2.63. The van der Waals surface area contributed by atoms with Crippen LogP contribution >= 0.6 is 0 Å². The molecule has 0 bridgehead atoms. The van der Waals surface area contributed by atoms with Crippen LogP contribution in [0.25, 0.3) is 0 Å². The van der Waals surface area contributed by atoms with Gasteiger partial charge in [-0.1, -0.05) is 0 Å². The molecule has 0 aromatic heterocycles. The second-order valence-electron chi connectivity index (χ2n) is 4.35. The second kappa shape index (κ2) is 3.11. The number of hydrogen-bond acceptors (Lipinski definition) is 2. The number of carboxylic acids is 1. The summed E-state index contributed by atoms with van der Waals surface area (Å²) in [7, 11) is 0. The van der Waals surface area contributed by atoms with Gasteiger partial charge in [-0.3, -0.25) is 9.59 Å². The van der Waals surface area contributed by atoms with E-state index in [-0.39, 0.29) is 5.92 Å². The van der Waals surface area contributed by atoms with Gasteiger partial charge in [-0.25, -0.2) is 0 Å². The Bertz CT molecular complexity index is 354. The molecule has 0 aliphatic heterocycles. The summed E-state index contributed by atoms with van der Waals surface area (Å²) in [5.41, 5.74) is -1.14. The molecule has 0 aromatic carbocycles. The molecular weight excluding hydrogens is 227 g/mol. The molecule has 7 heteroatoms. The number of halogens is 3. The van der Waals surface area contributed by atoms with Gasteiger partial charge in [0.2, 0.25) is 0 Å². The molecule has 3 atom stereocenters. The van der Waals surface area contributed by atoms with Crippen LogP contribution in [0.2, 0.25) is 0 Å². The Morgan fingerprint density at radius 1 is 1.31 bits per heavy atom. The van der Waals surface area contributed by atoms with Gasteiger partial charge >= 0.3 is 18.1 Å². The average Bonchev–Trinajstić information content (AvgIpc) is 2.78. The minimum atomic E-state index is -4.95. The standard InChI is InChI=1S/C9H10F3NO3/c10-9(11,12)6(14)13-5-2-1-4-3-8(4,5)7(15)16/h4-5H,1-3H2,(H,13,14)(H,15,16). The Morgan fingerprint density at radius 3 is 2.38 bits per heavy atom. The molecule has 3 unspecified atom stereocenters. The van der Waals surface area contributed by atoms with Gasteiger partial charge in [0.25, 0.3) is 0 Å². The van der Waals surface area contributed by atoms with E-state index in [9.17, 15) is 22.8 Å². The van der Waals surface area contributed by atoms with E-state index in [0.29, 0.717) is 19.3 Å². The summed E-state index contributed by atoms with van der Waals surface area (Å²) in [4.78, 5) is 21.7. The maximum atomic E-state index is 12.0. The van der Waals surface area contributed by atoms with Crippen molar-refractivity contribution >= 4 is 11.9 Å². The van der Waals surface area contributed by atoms with Gasteiger partial charge in [-0.15, -0.1) is 0 Å². The molecule has 90 valence electrons. The maximum Gasteiger partial charge on any atom is 0.471 e. The molecule has 2 saturated carbocycles. The summed E-state index contributed by atoms with van der Waals surface area (Å²) in [6, 6.07) is -0.885. The molecule has 2 N–H and O–H groups in total. The third kappa shape index (κ3) is 1.45. The Balaban J connectivity index is 2.07. The molecule has 4 nitrogen and oxygen atoms in total. The lowest BCUT2D eigenvalue weighted by molar-refractivity contribution is -0.175. The van der Waals surface area contributed by atoms with Crippen LogP contribution in [0.5, 0.6) is 0 Å². The quantitative estimate of drug-likeness (QED) is 0.750. The van der Waals surface area contributed by atoms with Gasteiger partial charge < -0.3 is 10.4 Å². The zero-order valence-corrected chi connectivity index (χ0v) is 8.17. The minimum absolute atomic E-state index is 0.0801. The predicted molar refractivity (Wildman–Crippen MR) is 45.4 cm³/mol. The molecule has 0 heterocycles. The molecule has 1 amide bonds. The predicted octanol–water partition coefficient (Wildman–Crippen LogP) is 0.918. The maximum absolute atomic E-state index is 12.0. The number of aliphatic carboxylic acids is 1. The molecule has 2 aliphatic carbocycles. The summed E-state index contributed by atoms with van der Waals surface area (Å²) in [5.74, 6) is -3.24. The number of carbonyl (C=O) groups is 2. The Morgan fingerprint density at radius 2 is 1.94 bits per heavy atom. The van der Waals surface area contributed by atoms with Crippen LogP contribution in [-0.4, -0.2) is 29.2 Å². The van der Waals surface area contributed by atoms with Crippen LogP contribution in [0.1, 0.15) is 19.3 Å². The molecular formula is C9H10F3NO3. The third-order valence-electron chi connectivity index (χ3n) is 3.54. The van der Waals surface area contributed by atoms with Crippen LogP contribution < -0.4 is 5.32 Å². The lowest BCUT2D eigenvalue weighted by Gasteiger charge is -2.21. The highest BCUT2D eigenvalue weighted by Gasteiger charge is 2.69. The normalized spacial score (nSPS) is 36.7. The molecule has 0 aromatic rings. The first-order valence-electron chi connectivity index (χ1n) is 4.89. The number of amides is 1. The van der Waals surface area contributed by atoms with Crippen molar-refractivity contribution in [1.29, 1.82) is 0 Å². The Labute approximate surface area is 88.8 Å². The van der Waals surface area contributed by atoms with E-state index >= 15 is 0 Å². The number of hydrogen-bond donors (Lipinski definition) is 2. The molecule has 0 radical (unpaired) electrons. The number of rotatable bonds is 2. The highest BCUT2D eigenvalue weighted by molar-refractivity contribution is 5.85. The third-order valence-corrected chi connectivity index (χ3v) is 3.54. The van der Waals surface area contributed by atoms with E-state index in [1.807, 2.05) is 0 Å². The summed E-state index contributed by atoms with van der Waals surface area (Å²) in [5, 5.41) is 10.8. The van der Waals surface area contributed by atoms with Crippen molar-refractivity contribution in [2.45, 2.75) is 31.5 Å². The molecule has 2 aliphatic rings. The molecule has 2 rings (SSSR count). The number of nitrogens with one attached hydrogen (secondary N) is 1. The van der Waals surface area contributed by atoms with Gasteiger partial charge in [0, 0.05) is 6.04 Å². The lowest BCUT2D eigenvalue weighted by atomic mass is 9.98. The van der Waals surface area contributed by atoms with Crippen molar-refractivity contribution in [3.8, 4) is 0 Å². The monoisotopic (exact) mass is 237 g/mol. The van der Waals surface area contributed by atoms with Crippen LogP contribution in [0.15, 0.2) is 0 Å². The first-order chi connectivity index (χ1) is 7.28. The van der Waals surface area contributed by atoms with Crippen molar-refractivity contribution in [1.82, 2.24) is 5.32 Å². The molecule has 0 spiro atoms. The second-order valence-corrected chi connectivity index (χ2v) is 4.35. The van der Waals surface area contributed by atoms with E-state index in [1.165, 1.54) is 0 Å². The van der Waals surface area contributed by atoms with Crippen LogP contribution in [0.3, 0.4) is 0 Å². The largest absolute Gasteiger partial charge is 0.481 e. The SMILES string of the molecule is O=C(NC1CCC2CC21C(=O)O)C(F)(F)F. The van der Waals surface area contributed by atoms with E-state index in [2.05, 4.69) is 0 Å². The van der Waals surface area contributed by atoms with E-state index in [4.69, 9.17) is 5.11 Å². The minimum Gasteiger partial charge on any atom is -0.481 e. The number of alkyl halides is 3. The molecule has 16 heavy (non-hydrogen) atoms. The first kappa shape index (κ1) is 11.2. The lowest BCUT2D eigenvalue weighted by Crippen LogP contribution is -2.48. The fraction of sp³-hybridized carbons (Fsp3) is 0.778. The zero-order valence-electron chi connectivity index (χ0n) is 8.17. The van der Waals surface area contributed by atoms with Gasteiger partial charge in [-0.2, -0.15) is 13.2 Å². The van der Waals surface area contributed by atoms with Crippen LogP contribution in [-0.2, 0) is 9.59 Å². The topological polar surface area (TPSA) is 66.4 Å². The zero-order chi connectivity index (χ0) is 12.1. The Hall–Kier alpha value is -1.27. The van der Waals surface area contributed by atoms with E-state index in [0.717, 1.165) is 0 Å². The number of carboxylic acid groups (broad SMARTS) is 1. The van der Waals surface area contributed by atoms with E-state index < -0.39 is 29.5 Å². The van der Waals surface area contributed by atoms with Crippen molar-refractivity contribution in [3.05, 3.63) is 0 Å². The Kier molecular flexibility index (Phi) is 2.18. The van der Waals surface area contributed by atoms with Gasteiger partial charge in [0.1, 0.15) is 0 Å². The smallest absolute Gasteiger partial charge is 0.471 e. The summed E-state index contributed by atoms with van der Waals surface area (Å²) in [6.45, 7) is 0. The van der Waals surface area contributed by atoms with Crippen LogP contribution in [0, 0.1) is 11.3 Å². The van der Waals surface area contributed by atoms with E-state index in [1.54, 1.807) is 5.32 Å². The fourth-order valence-electron chi connectivity index (χ4n) is 2.61. The fourth-order valence-corrected chi connectivity index (χ4v) is 2.61. The van der Waals surface area contributed by atoms with Crippen LogP contribution in [0.4, 0.5) is 13.2 Å². The highest BCUT2D eigenvalue weighted by atomic mass is 19.4. The average molecular weight is 237 g/mol. The molecule has 2 fully saturated rings. The van der Waals surface area contributed by atoms with Gasteiger partial charge in [0.15, 0.2) is 0 Å². The molecule has 0 saturated heterocycles. The van der Waals surface area contributed by atoms with Crippen molar-refractivity contribution in [3.63, 3.8) is 0 Å². The first-order valence-corrected chi connectivity index (χ1v) is 4.89. The van der Waals surface area contributed by atoms with Crippen molar-refractivity contribution in [2.24, 2.45) is 11.3 Å². The number of fused-ring (bicyclic) bond motifs is 1. The summed E-state index contributed by atoms with van der Waals surface area (Å²) >= 11 is 0. The summed E-state index contributed by atoms with van der Waals surface area (Å²) in [6.07, 6.45) is -3.72.